The number of benzene rings is 1. The zero-order chi connectivity index (χ0) is 16.4. The van der Waals surface area contributed by atoms with Gasteiger partial charge in [-0.2, -0.15) is 0 Å². The summed E-state index contributed by atoms with van der Waals surface area (Å²) in [6.45, 7) is 4.63. The second-order valence-electron chi connectivity index (χ2n) is 5.84. The van der Waals surface area contributed by atoms with Gasteiger partial charge >= 0.3 is 0 Å². The number of hydrogen-bond acceptors (Lipinski definition) is 3. The highest BCUT2D eigenvalue weighted by Gasteiger charge is 2.09. The molecule has 122 valence electrons. The first kappa shape index (κ1) is 18.4. The van der Waals surface area contributed by atoms with Crippen LogP contribution in [0.2, 0.25) is 0 Å². The van der Waals surface area contributed by atoms with E-state index in [-0.39, 0.29) is 30.6 Å². The van der Waals surface area contributed by atoms with E-state index in [1.807, 2.05) is 31.2 Å². The van der Waals surface area contributed by atoms with Gasteiger partial charge in [-0.05, 0) is 31.7 Å². The SMILES string of the molecule is CCCCc1ccc(C(=O)CCC(=O)NCCC(C)N)cc1. The topological polar surface area (TPSA) is 72.2 Å². The van der Waals surface area contributed by atoms with Gasteiger partial charge in [0.2, 0.25) is 5.91 Å². The van der Waals surface area contributed by atoms with Crippen molar-refractivity contribution in [1.29, 1.82) is 0 Å². The number of rotatable bonds is 10. The molecule has 0 bridgehead atoms. The summed E-state index contributed by atoms with van der Waals surface area (Å²) in [6, 6.07) is 7.81. The number of nitrogens with one attached hydrogen (secondary N) is 1. The minimum atomic E-state index is -0.0893. The van der Waals surface area contributed by atoms with E-state index >= 15 is 0 Å². The van der Waals surface area contributed by atoms with Crippen LogP contribution in [0.15, 0.2) is 24.3 Å². The summed E-state index contributed by atoms with van der Waals surface area (Å²) in [7, 11) is 0. The number of unbranched alkanes of at least 4 members (excludes halogenated alkanes) is 1. The first-order chi connectivity index (χ1) is 10.5. The third kappa shape index (κ3) is 7.36. The molecule has 4 nitrogen and oxygen atoms in total. The molecule has 1 amide bonds. The summed E-state index contributed by atoms with van der Waals surface area (Å²) in [6.07, 6.45) is 4.60. The van der Waals surface area contributed by atoms with Gasteiger partial charge in [0.25, 0.3) is 0 Å². The summed E-state index contributed by atoms with van der Waals surface area (Å²) in [4.78, 5) is 23.7. The number of ketones is 1. The maximum Gasteiger partial charge on any atom is 0.220 e. The van der Waals surface area contributed by atoms with Crippen LogP contribution in [0.4, 0.5) is 0 Å². The normalized spacial score (nSPS) is 12.0. The van der Waals surface area contributed by atoms with Crippen LogP contribution in [0.5, 0.6) is 0 Å². The Balaban J connectivity index is 2.34. The summed E-state index contributed by atoms with van der Waals surface area (Å²) in [5, 5.41) is 2.78. The number of carbonyl (C=O) groups is 2. The van der Waals surface area contributed by atoms with Crippen LogP contribution in [0, 0.1) is 0 Å². The van der Waals surface area contributed by atoms with E-state index in [0.717, 1.165) is 19.3 Å². The van der Waals surface area contributed by atoms with Gasteiger partial charge in [0.15, 0.2) is 5.78 Å². The minimum absolute atomic E-state index is 0.0179. The quantitative estimate of drug-likeness (QED) is 0.653. The van der Waals surface area contributed by atoms with Crippen LogP contribution in [0.1, 0.15) is 61.9 Å². The van der Waals surface area contributed by atoms with E-state index in [4.69, 9.17) is 5.73 Å². The van der Waals surface area contributed by atoms with Crippen molar-refractivity contribution < 1.29 is 9.59 Å². The van der Waals surface area contributed by atoms with Crippen molar-refractivity contribution in [1.82, 2.24) is 5.32 Å². The van der Waals surface area contributed by atoms with Gasteiger partial charge in [-0.25, -0.2) is 0 Å². The highest BCUT2D eigenvalue weighted by Crippen LogP contribution is 2.10. The largest absolute Gasteiger partial charge is 0.356 e. The predicted octanol–water partition coefficient (Wildman–Crippen LogP) is 2.85. The Morgan fingerprint density at radius 1 is 1.18 bits per heavy atom. The molecular formula is C18H28N2O2. The molecule has 0 aliphatic heterocycles. The monoisotopic (exact) mass is 304 g/mol. The van der Waals surface area contributed by atoms with Gasteiger partial charge in [0.05, 0.1) is 0 Å². The van der Waals surface area contributed by atoms with Crippen LogP contribution in [-0.2, 0) is 11.2 Å². The Bertz CT molecular complexity index is 466. The molecule has 0 saturated carbocycles. The molecule has 3 N–H and O–H groups in total. The molecule has 0 aromatic heterocycles. The fourth-order valence-electron chi connectivity index (χ4n) is 2.14. The molecule has 22 heavy (non-hydrogen) atoms. The van der Waals surface area contributed by atoms with E-state index in [1.54, 1.807) is 0 Å². The van der Waals surface area contributed by atoms with Crippen molar-refractivity contribution in [2.45, 2.75) is 58.4 Å². The molecule has 1 aromatic carbocycles. The molecule has 0 saturated heterocycles. The van der Waals surface area contributed by atoms with E-state index in [9.17, 15) is 9.59 Å². The second kappa shape index (κ2) is 10.1. The predicted molar refractivity (Wildman–Crippen MR) is 89.9 cm³/mol. The molecule has 1 rings (SSSR count). The minimum Gasteiger partial charge on any atom is -0.356 e. The van der Waals surface area contributed by atoms with E-state index in [1.165, 1.54) is 12.0 Å². The van der Waals surface area contributed by atoms with E-state index in [0.29, 0.717) is 12.1 Å². The van der Waals surface area contributed by atoms with Gasteiger partial charge < -0.3 is 11.1 Å². The highest BCUT2D eigenvalue weighted by molar-refractivity contribution is 5.97. The van der Waals surface area contributed by atoms with Gasteiger partial charge in [0, 0.05) is 31.0 Å². The molecule has 0 radical (unpaired) electrons. The number of amides is 1. The Morgan fingerprint density at radius 3 is 2.45 bits per heavy atom. The van der Waals surface area contributed by atoms with Crippen LogP contribution in [0.25, 0.3) is 0 Å². The van der Waals surface area contributed by atoms with Crippen molar-refractivity contribution in [3.05, 3.63) is 35.4 Å². The lowest BCUT2D eigenvalue weighted by molar-refractivity contribution is -0.121. The number of aryl methyl sites for hydroxylation is 1. The Kier molecular flexibility index (Phi) is 8.44. The molecule has 0 fully saturated rings. The molecule has 0 aliphatic carbocycles. The smallest absolute Gasteiger partial charge is 0.220 e. The van der Waals surface area contributed by atoms with Gasteiger partial charge in [-0.3, -0.25) is 9.59 Å². The molecule has 0 spiro atoms. The highest BCUT2D eigenvalue weighted by atomic mass is 16.2. The number of Topliss-reactive ketones (excluding diaryl/α,β-unsaturated/α-hetero) is 1. The van der Waals surface area contributed by atoms with Crippen LogP contribution in [-0.4, -0.2) is 24.3 Å². The molecule has 1 atom stereocenters. The first-order valence-corrected chi connectivity index (χ1v) is 8.17. The van der Waals surface area contributed by atoms with Crippen molar-refractivity contribution in [3.8, 4) is 0 Å². The van der Waals surface area contributed by atoms with Gasteiger partial charge in [0.1, 0.15) is 0 Å². The van der Waals surface area contributed by atoms with E-state index in [2.05, 4.69) is 12.2 Å². The summed E-state index contributed by atoms with van der Waals surface area (Å²) in [5.74, 6) is -0.0713. The standard InChI is InChI=1S/C18H28N2O2/c1-3-4-5-15-6-8-16(9-7-15)17(21)10-11-18(22)20-13-12-14(2)19/h6-9,14H,3-5,10-13,19H2,1-2H3,(H,20,22). The summed E-state index contributed by atoms with van der Waals surface area (Å²) >= 11 is 0. The average molecular weight is 304 g/mol. The molecular weight excluding hydrogens is 276 g/mol. The average Bonchev–Trinajstić information content (AvgIpc) is 2.50. The summed E-state index contributed by atoms with van der Waals surface area (Å²) < 4.78 is 0. The maximum atomic E-state index is 12.1. The van der Waals surface area contributed by atoms with Crippen molar-refractivity contribution in [2.75, 3.05) is 6.54 Å². The lowest BCUT2D eigenvalue weighted by Gasteiger charge is -2.07. The van der Waals surface area contributed by atoms with Crippen LogP contribution >= 0.6 is 0 Å². The lowest BCUT2D eigenvalue weighted by Crippen LogP contribution is -2.29. The number of carbonyl (C=O) groups excluding carboxylic acids is 2. The number of nitrogens with two attached hydrogens (primary N) is 1. The third-order valence-electron chi connectivity index (χ3n) is 3.60. The Labute approximate surface area is 133 Å². The molecule has 1 unspecified atom stereocenters. The van der Waals surface area contributed by atoms with Crippen molar-refractivity contribution in [3.63, 3.8) is 0 Å². The van der Waals surface area contributed by atoms with Crippen molar-refractivity contribution >= 4 is 11.7 Å². The zero-order valence-electron chi connectivity index (χ0n) is 13.7. The zero-order valence-corrected chi connectivity index (χ0v) is 13.7. The summed E-state index contributed by atoms with van der Waals surface area (Å²) in [5.41, 5.74) is 7.55. The fourth-order valence-corrected chi connectivity index (χ4v) is 2.14. The van der Waals surface area contributed by atoms with Crippen LogP contribution in [0.3, 0.4) is 0 Å². The first-order valence-electron chi connectivity index (χ1n) is 8.17. The molecule has 0 heterocycles. The van der Waals surface area contributed by atoms with Crippen LogP contribution < -0.4 is 11.1 Å². The second-order valence-corrected chi connectivity index (χ2v) is 5.84. The molecule has 1 aromatic rings. The third-order valence-corrected chi connectivity index (χ3v) is 3.60. The maximum absolute atomic E-state index is 12.1. The molecule has 4 heteroatoms. The number of hydrogen-bond donors (Lipinski definition) is 2. The van der Waals surface area contributed by atoms with Gasteiger partial charge in [-0.1, -0.05) is 37.6 Å². The van der Waals surface area contributed by atoms with E-state index < -0.39 is 0 Å². The van der Waals surface area contributed by atoms with Crippen molar-refractivity contribution in [2.24, 2.45) is 5.73 Å². The fraction of sp³-hybridized carbons (Fsp3) is 0.556. The molecule has 0 aliphatic rings. The van der Waals surface area contributed by atoms with Gasteiger partial charge in [-0.15, -0.1) is 0 Å². The Hall–Kier alpha value is -1.68. The Morgan fingerprint density at radius 2 is 1.86 bits per heavy atom. The lowest BCUT2D eigenvalue weighted by atomic mass is 10.0.